The Bertz CT molecular complexity index is 1720. The number of anilines is 1. The van der Waals surface area contributed by atoms with Crippen molar-refractivity contribution in [1.82, 2.24) is 19.9 Å². The number of carbonyl (C=O) groups excluding carboxylic acids is 1. The number of amides is 1. The number of ether oxygens (including phenoxy) is 1. The predicted octanol–water partition coefficient (Wildman–Crippen LogP) is 3.13. The van der Waals surface area contributed by atoms with Crippen molar-refractivity contribution in [3.8, 4) is 6.07 Å². The lowest BCUT2D eigenvalue weighted by Gasteiger charge is -2.30. The van der Waals surface area contributed by atoms with Gasteiger partial charge in [-0.3, -0.25) is 14.6 Å². The van der Waals surface area contributed by atoms with Crippen LogP contribution in [-0.2, 0) is 43.3 Å². The molecule has 1 amide bonds. The lowest BCUT2D eigenvalue weighted by atomic mass is 9.79. The topological polar surface area (TPSA) is 113 Å². The number of fused-ring (bicyclic) bond motifs is 3. The Labute approximate surface area is 225 Å². The number of nitrogens with one attached hydrogen (secondary N) is 1. The second-order valence-corrected chi connectivity index (χ2v) is 10.4. The summed E-state index contributed by atoms with van der Waals surface area (Å²) in [6.07, 6.45) is 4.25. The van der Waals surface area contributed by atoms with Crippen LogP contribution in [0.5, 0.6) is 0 Å². The summed E-state index contributed by atoms with van der Waals surface area (Å²) >= 11 is 0. The van der Waals surface area contributed by atoms with E-state index in [-0.39, 0.29) is 18.0 Å². The van der Waals surface area contributed by atoms with Gasteiger partial charge in [-0.1, -0.05) is 6.07 Å². The molecule has 0 aliphatic carbocycles. The van der Waals surface area contributed by atoms with Gasteiger partial charge in [-0.25, -0.2) is 4.98 Å². The minimum Gasteiger partial charge on any atom is -0.375 e. The van der Waals surface area contributed by atoms with Gasteiger partial charge >= 0.3 is 0 Å². The van der Waals surface area contributed by atoms with Crippen molar-refractivity contribution in [3.63, 3.8) is 0 Å². The molecule has 4 aromatic rings. The van der Waals surface area contributed by atoms with Crippen molar-refractivity contribution < 1.29 is 9.53 Å². The second-order valence-electron chi connectivity index (χ2n) is 10.4. The molecule has 0 spiro atoms. The van der Waals surface area contributed by atoms with Crippen LogP contribution in [0.4, 0.5) is 5.82 Å². The first kappa shape index (κ1) is 24.8. The van der Waals surface area contributed by atoms with E-state index in [9.17, 15) is 14.9 Å². The number of nitrogens with zero attached hydrogens (tertiary/aromatic N) is 5. The number of hydrogen-bond donors (Lipinski definition) is 1. The lowest BCUT2D eigenvalue weighted by Crippen LogP contribution is -2.36. The van der Waals surface area contributed by atoms with Crippen LogP contribution < -0.4 is 15.8 Å². The number of rotatable bonds is 4. The molecule has 1 unspecified atom stereocenters. The molecule has 2 aliphatic rings. The van der Waals surface area contributed by atoms with Gasteiger partial charge in [0.05, 0.1) is 37.0 Å². The van der Waals surface area contributed by atoms with Crippen LogP contribution in [0.25, 0.3) is 10.9 Å². The van der Waals surface area contributed by atoms with Gasteiger partial charge in [0.15, 0.2) is 0 Å². The highest BCUT2D eigenvalue weighted by Crippen LogP contribution is 2.32. The van der Waals surface area contributed by atoms with Crippen molar-refractivity contribution in [3.05, 3.63) is 98.7 Å². The summed E-state index contributed by atoms with van der Waals surface area (Å²) in [4.78, 5) is 37.0. The van der Waals surface area contributed by atoms with Gasteiger partial charge in [0.2, 0.25) is 0 Å². The van der Waals surface area contributed by atoms with E-state index < -0.39 is 5.41 Å². The maximum Gasteiger partial charge on any atom is 0.253 e. The summed E-state index contributed by atoms with van der Waals surface area (Å²) in [6, 6.07) is 15.6. The largest absolute Gasteiger partial charge is 0.375 e. The Morgan fingerprint density at radius 3 is 2.92 bits per heavy atom. The van der Waals surface area contributed by atoms with E-state index in [0.29, 0.717) is 37.4 Å². The molecule has 1 aromatic carbocycles. The third kappa shape index (κ3) is 4.53. The van der Waals surface area contributed by atoms with Crippen molar-refractivity contribution >= 4 is 22.6 Å². The molecule has 39 heavy (non-hydrogen) atoms. The third-order valence-electron chi connectivity index (χ3n) is 7.69. The Kier molecular flexibility index (Phi) is 6.12. The fraction of sp³-hybridized carbons (Fsp3) is 0.300. The molecule has 1 atom stereocenters. The molecular formula is C30H28N6O3. The third-order valence-corrected chi connectivity index (χ3v) is 7.69. The van der Waals surface area contributed by atoms with Gasteiger partial charge in [0.25, 0.3) is 11.5 Å². The van der Waals surface area contributed by atoms with E-state index in [0.717, 1.165) is 45.5 Å². The minimum atomic E-state index is -0.779. The molecule has 1 N–H and O–H groups in total. The molecule has 9 heteroatoms. The SMILES string of the molecule is Cn1ccc2c(c1=O)CCN(c1ccc3cnc(CNC(=O)c4ccc5c(c4)C(C)(C#N)COC5)cc3n1)C2. The normalized spacial score (nSPS) is 18.2. The summed E-state index contributed by atoms with van der Waals surface area (Å²) in [5, 5.41) is 13.5. The van der Waals surface area contributed by atoms with Gasteiger partial charge in [0, 0.05) is 49.0 Å². The highest BCUT2D eigenvalue weighted by Gasteiger charge is 2.33. The Hall–Kier alpha value is -4.55. The number of carbonyl (C=O) groups is 1. The van der Waals surface area contributed by atoms with E-state index in [1.807, 2.05) is 43.5 Å². The molecule has 2 aliphatic heterocycles. The number of pyridine rings is 3. The number of aryl methyl sites for hydroxylation is 1. The summed E-state index contributed by atoms with van der Waals surface area (Å²) in [5.41, 5.74) is 4.96. The summed E-state index contributed by atoms with van der Waals surface area (Å²) in [6.45, 7) is 4.17. The molecule has 196 valence electrons. The molecule has 0 saturated carbocycles. The maximum absolute atomic E-state index is 13.0. The number of nitriles is 1. The van der Waals surface area contributed by atoms with Crippen LogP contribution in [0.2, 0.25) is 0 Å². The monoisotopic (exact) mass is 520 g/mol. The minimum absolute atomic E-state index is 0.0693. The molecule has 6 rings (SSSR count). The van der Waals surface area contributed by atoms with Gasteiger partial charge in [-0.2, -0.15) is 5.26 Å². The van der Waals surface area contributed by atoms with E-state index in [4.69, 9.17) is 9.72 Å². The Balaban J connectivity index is 1.18. The fourth-order valence-corrected chi connectivity index (χ4v) is 5.35. The van der Waals surface area contributed by atoms with Crippen LogP contribution >= 0.6 is 0 Å². The summed E-state index contributed by atoms with van der Waals surface area (Å²) in [5.74, 6) is 0.611. The standard InChI is InChI=1S/C30H28N6O3/c1-30(17-31)18-39-16-22-4-3-19(11-25(22)30)28(37)33-14-23-12-26-20(13-32-23)5-6-27(34-26)36-10-8-24-21(15-36)7-9-35(2)29(24)38/h3-7,9,11-13H,8,10,14-16,18H2,1-2H3,(H,33,37). The van der Waals surface area contributed by atoms with Crippen molar-refractivity contribution in [2.45, 2.75) is 38.5 Å². The van der Waals surface area contributed by atoms with E-state index in [1.165, 1.54) is 0 Å². The maximum atomic E-state index is 13.0. The van der Waals surface area contributed by atoms with Crippen molar-refractivity contribution in [2.75, 3.05) is 18.1 Å². The zero-order valence-corrected chi connectivity index (χ0v) is 21.9. The predicted molar refractivity (Wildman–Crippen MR) is 146 cm³/mol. The number of aromatic nitrogens is 3. The molecule has 0 radical (unpaired) electrons. The highest BCUT2D eigenvalue weighted by atomic mass is 16.5. The zero-order chi connectivity index (χ0) is 27.1. The average Bonchev–Trinajstić information content (AvgIpc) is 2.97. The Morgan fingerprint density at radius 2 is 2.08 bits per heavy atom. The summed E-state index contributed by atoms with van der Waals surface area (Å²) in [7, 11) is 1.78. The second kappa shape index (κ2) is 9.64. The van der Waals surface area contributed by atoms with Crippen molar-refractivity contribution in [1.29, 1.82) is 5.26 Å². The first-order valence-electron chi connectivity index (χ1n) is 12.9. The van der Waals surface area contributed by atoms with Gasteiger partial charge < -0.3 is 19.5 Å². The quantitative estimate of drug-likeness (QED) is 0.440. The van der Waals surface area contributed by atoms with E-state index >= 15 is 0 Å². The lowest BCUT2D eigenvalue weighted by molar-refractivity contribution is 0.0757. The van der Waals surface area contributed by atoms with Crippen LogP contribution in [0.1, 0.15) is 45.2 Å². The molecule has 3 aromatic heterocycles. The van der Waals surface area contributed by atoms with Gasteiger partial charge in [0.1, 0.15) is 11.2 Å². The molecule has 5 heterocycles. The average molecular weight is 521 g/mol. The van der Waals surface area contributed by atoms with E-state index in [1.54, 1.807) is 29.9 Å². The highest BCUT2D eigenvalue weighted by molar-refractivity contribution is 5.94. The first-order chi connectivity index (χ1) is 18.8. The molecule has 0 bridgehead atoms. The van der Waals surface area contributed by atoms with Crippen LogP contribution in [0, 0.1) is 11.3 Å². The van der Waals surface area contributed by atoms with E-state index in [2.05, 4.69) is 21.3 Å². The van der Waals surface area contributed by atoms with Crippen LogP contribution in [-0.4, -0.2) is 33.6 Å². The molecule has 9 nitrogen and oxygen atoms in total. The number of benzene rings is 1. The number of hydrogen-bond acceptors (Lipinski definition) is 7. The van der Waals surface area contributed by atoms with Gasteiger partial charge in [-0.05, 0) is 66.4 Å². The first-order valence-corrected chi connectivity index (χ1v) is 12.9. The van der Waals surface area contributed by atoms with Crippen LogP contribution in [0.3, 0.4) is 0 Å². The van der Waals surface area contributed by atoms with Gasteiger partial charge in [-0.15, -0.1) is 0 Å². The Morgan fingerprint density at radius 1 is 1.21 bits per heavy atom. The smallest absolute Gasteiger partial charge is 0.253 e. The van der Waals surface area contributed by atoms with Crippen LogP contribution in [0.15, 0.2) is 59.7 Å². The zero-order valence-electron chi connectivity index (χ0n) is 21.9. The fourth-order valence-electron chi connectivity index (χ4n) is 5.35. The molecular weight excluding hydrogens is 492 g/mol. The molecule has 0 fully saturated rings. The summed E-state index contributed by atoms with van der Waals surface area (Å²) < 4.78 is 7.19. The van der Waals surface area contributed by atoms with Crippen molar-refractivity contribution in [2.24, 2.45) is 7.05 Å². The molecule has 0 saturated heterocycles.